The lowest BCUT2D eigenvalue weighted by Crippen LogP contribution is -2.45. The van der Waals surface area contributed by atoms with Gasteiger partial charge in [0.1, 0.15) is 0 Å². The van der Waals surface area contributed by atoms with Crippen LogP contribution in [0.15, 0.2) is 54.6 Å². The summed E-state index contributed by atoms with van der Waals surface area (Å²) in [6, 6.07) is 18.4. The maximum atomic E-state index is 12.9. The van der Waals surface area contributed by atoms with Crippen LogP contribution in [-0.2, 0) is 17.9 Å². The molecule has 0 saturated heterocycles. The number of likely N-dealkylation sites (N-methyl/N-ethyl adjacent to an activating group) is 1. The Morgan fingerprint density at radius 3 is 2.50 bits per heavy atom. The summed E-state index contributed by atoms with van der Waals surface area (Å²) in [6.07, 6.45) is 0. The third kappa shape index (κ3) is 2.77. The molecular formula is C19H22N2O. The normalized spacial score (nSPS) is 21.4. The predicted molar refractivity (Wildman–Crippen MR) is 88.4 cm³/mol. The van der Waals surface area contributed by atoms with Crippen molar-refractivity contribution in [2.45, 2.75) is 32.0 Å². The molecule has 3 heteroatoms. The Kier molecular flexibility index (Phi) is 4.25. The first-order valence-electron chi connectivity index (χ1n) is 7.78. The average Bonchev–Trinajstić information content (AvgIpc) is 2.65. The molecule has 2 atom stereocenters. The van der Waals surface area contributed by atoms with E-state index in [0.717, 1.165) is 5.56 Å². The fraction of sp³-hybridized carbons (Fsp3) is 0.316. The van der Waals surface area contributed by atoms with Gasteiger partial charge < -0.3 is 10.2 Å². The van der Waals surface area contributed by atoms with E-state index in [1.807, 2.05) is 30.1 Å². The number of amides is 1. The zero-order chi connectivity index (χ0) is 15.5. The highest BCUT2D eigenvalue weighted by atomic mass is 16.2. The average molecular weight is 294 g/mol. The highest BCUT2D eigenvalue weighted by Crippen LogP contribution is 2.29. The molecule has 2 aromatic rings. The molecule has 1 aliphatic rings. The molecule has 3 rings (SSSR count). The monoisotopic (exact) mass is 294 g/mol. The minimum absolute atomic E-state index is 0.174. The van der Waals surface area contributed by atoms with Crippen molar-refractivity contribution in [1.82, 2.24) is 10.2 Å². The Morgan fingerprint density at radius 2 is 1.77 bits per heavy atom. The number of nitrogens with one attached hydrogen (secondary N) is 1. The van der Waals surface area contributed by atoms with Crippen LogP contribution in [0.25, 0.3) is 0 Å². The van der Waals surface area contributed by atoms with Gasteiger partial charge in [0.15, 0.2) is 0 Å². The largest absolute Gasteiger partial charge is 0.333 e. The molecule has 0 aromatic heterocycles. The fourth-order valence-electron chi connectivity index (χ4n) is 3.31. The van der Waals surface area contributed by atoms with Crippen LogP contribution in [0, 0.1) is 0 Å². The lowest BCUT2D eigenvalue weighted by Gasteiger charge is -2.26. The lowest BCUT2D eigenvalue weighted by atomic mass is 9.91. The molecule has 22 heavy (non-hydrogen) atoms. The molecule has 2 aromatic carbocycles. The summed E-state index contributed by atoms with van der Waals surface area (Å²) in [4.78, 5) is 14.9. The van der Waals surface area contributed by atoms with Crippen molar-refractivity contribution in [3.63, 3.8) is 0 Å². The van der Waals surface area contributed by atoms with Crippen LogP contribution in [0.5, 0.6) is 0 Å². The van der Waals surface area contributed by atoms with Gasteiger partial charge in [0, 0.05) is 19.0 Å². The smallest absolute Gasteiger partial charge is 0.240 e. The van der Waals surface area contributed by atoms with E-state index in [9.17, 15) is 4.79 Å². The molecular weight excluding hydrogens is 272 g/mol. The van der Waals surface area contributed by atoms with Crippen molar-refractivity contribution in [2.75, 3.05) is 7.05 Å². The topological polar surface area (TPSA) is 32.3 Å². The van der Waals surface area contributed by atoms with Crippen LogP contribution in [0.4, 0.5) is 0 Å². The summed E-state index contributed by atoms with van der Waals surface area (Å²) in [5.74, 6) is 0.351. The third-order valence-electron chi connectivity index (χ3n) is 4.51. The van der Waals surface area contributed by atoms with E-state index in [0.29, 0.717) is 13.1 Å². The zero-order valence-corrected chi connectivity index (χ0v) is 13.1. The number of carbonyl (C=O) groups excluding carboxylic acids is 1. The molecule has 1 aliphatic heterocycles. The van der Waals surface area contributed by atoms with Gasteiger partial charge in [-0.2, -0.15) is 0 Å². The van der Waals surface area contributed by atoms with Crippen LogP contribution in [0.1, 0.15) is 29.5 Å². The van der Waals surface area contributed by atoms with Gasteiger partial charge in [-0.25, -0.2) is 0 Å². The summed E-state index contributed by atoms with van der Waals surface area (Å²) >= 11 is 0. The lowest BCUT2D eigenvalue weighted by molar-refractivity contribution is -0.134. The predicted octanol–water partition coefficient (Wildman–Crippen LogP) is 2.92. The number of hydrogen-bond donors (Lipinski definition) is 1. The molecule has 1 amide bonds. The Balaban J connectivity index is 1.95. The molecule has 0 saturated carbocycles. The molecule has 0 radical (unpaired) electrons. The molecule has 114 valence electrons. The highest BCUT2D eigenvalue weighted by molar-refractivity contribution is 5.84. The van der Waals surface area contributed by atoms with Gasteiger partial charge in [-0.05, 0) is 23.7 Å². The highest BCUT2D eigenvalue weighted by Gasteiger charge is 2.33. The SMILES string of the molecule is CNC1C(=O)N(Cc2ccccc2)Cc2ccccc2C1C. The summed E-state index contributed by atoms with van der Waals surface area (Å²) in [5, 5.41) is 3.21. The van der Waals surface area contributed by atoms with E-state index in [-0.39, 0.29) is 17.9 Å². The maximum absolute atomic E-state index is 12.9. The first-order valence-corrected chi connectivity index (χ1v) is 7.78. The molecule has 1 heterocycles. The van der Waals surface area contributed by atoms with E-state index in [1.54, 1.807) is 0 Å². The molecule has 1 N–H and O–H groups in total. The molecule has 3 nitrogen and oxygen atoms in total. The number of carbonyl (C=O) groups is 1. The van der Waals surface area contributed by atoms with Crippen LogP contribution in [0.3, 0.4) is 0 Å². The van der Waals surface area contributed by atoms with Crippen molar-refractivity contribution >= 4 is 5.91 Å². The molecule has 2 unspecified atom stereocenters. The standard InChI is InChI=1S/C19H22N2O/c1-14-17-11-7-6-10-16(17)13-21(19(22)18(14)20-2)12-15-8-4-3-5-9-15/h3-11,14,18,20H,12-13H2,1-2H3. The minimum atomic E-state index is -0.174. The van der Waals surface area contributed by atoms with E-state index in [2.05, 4.69) is 48.6 Å². The third-order valence-corrected chi connectivity index (χ3v) is 4.51. The second-order valence-corrected chi connectivity index (χ2v) is 5.93. The van der Waals surface area contributed by atoms with Crippen LogP contribution >= 0.6 is 0 Å². The van der Waals surface area contributed by atoms with Gasteiger partial charge in [-0.3, -0.25) is 4.79 Å². The van der Waals surface area contributed by atoms with Gasteiger partial charge in [0.2, 0.25) is 5.91 Å². The van der Waals surface area contributed by atoms with Crippen molar-refractivity contribution in [1.29, 1.82) is 0 Å². The van der Waals surface area contributed by atoms with Gasteiger partial charge in [-0.15, -0.1) is 0 Å². The second kappa shape index (κ2) is 6.32. The second-order valence-electron chi connectivity index (χ2n) is 5.93. The summed E-state index contributed by atoms with van der Waals surface area (Å²) in [7, 11) is 1.87. The van der Waals surface area contributed by atoms with Gasteiger partial charge in [0.05, 0.1) is 6.04 Å². The maximum Gasteiger partial charge on any atom is 0.240 e. The van der Waals surface area contributed by atoms with Gasteiger partial charge in [-0.1, -0.05) is 61.5 Å². The Hall–Kier alpha value is -2.13. The van der Waals surface area contributed by atoms with Gasteiger partial charge >= 0.3 is 0 Å². The molecule has 0 spiro atoms. The number of fused-ring (bicyclic) bond motifs is 1. The van der Waals surface area contributed by atoms with Crippen LogP contribution in [-0.4, -0.2) is 23.9 Å². The van der Waals surface area contributed by atoms with Crippen molar-refractivity contribution in [2.24, 2.45) is 0 Å². The number of rotatable bonds is 3. The number of nitrogens with zero attached hydrogens (tertiary/aromatic N) is 1. The Labute approximate surface area is 132 Å². The van der Waals surface area contributed by atoms with Crippen LogP contribution in [0.2, 0.25) is 0 Å². The van der Waals surface area contributed by atoms with E-state index in [4.69, 9.17) is 0 Å². The van der Waals surface area contributed by atoms with Crippen LogP contribution < -0.4 is 5.32 Å². The Bertz CT molecular complexity index is 653. The molecule has 0 fully saturated rings. The van der Waals surface area contributed by atoms with Gasteiger partial charge in [0.25, 0.3) is 0 Å². The zero-order valence-electron chi connectivity index (χ0n) is 13.1. The minimum Gasteiger partial charge on any atom is -0.333 e. The first-order chi connectivity index (χ1) is 10.7. The first kappa shape index (κ1) is 14.8. The van der Waals surface area contributed by atoms with E-state index >= 15 is 0 Å². The van der Waals surface area contributed by atoms with E-state index in [1.165, 1.54) is 11.1 Å². The van der Waals surface area contributed by atoms with Crippen molar-refractivity contribution < 1.29 is 4.79 Å². The number of hydrogen-bond acceptors (Lipinski definition) is 2. The summed E-state index contributed by atoms with van der Waals surface area (Å²) < 4.78 is 0. The Morgan fingerprint density at radius 1 is 1.09 bits per heavy atom. The number of benzene rings is 2. The summed E-state index contributed by atoms with van der Waals surface area (Å²) in [6.45, 7) is 3.45. The van der Waals surface area contributed by atoms with Crippen molar-refractivity contribution in [3.8, 4) is 0 Å². The quantitative estimate of drug-likeness (QED) is 0.944. The fourth-order valence-corrected chi connectivity index (χ4v) is 3.31. The van der Waals surface area contributed by atoms with E-state index < -0.39 is 0 Å². The summed E-state index contributed by atoms with van der Waals surface area (Å²) in [5.41, 5.74) is 3.68. The molecule has 0 bridgehead atoms. The molecule has 0 aliphatic carbocycles. The van der Waals surface area contributed by atoms with Crippen molar-refractivity contribution in [3.05, 3.63) is 71.3 Å².